The van der Waals surface area contributed by atoms with E-state index in [1.807, 2.05) is 38.1 Å². The first-order chi connectivity index (χ1) is 14.9. The molecule has 2 rings (SSSR count). The predicted octanol–water partition coefficient (Wildman–Crippen LogP) is 2.80. The van der Waals surface area contributed by atoms with E-state index in [1.165, 1.54) is 7.11 Å². The van der Waals surface area contributed by atoms with Gasteiger partial charge in [-0.15, -0.1) is 24.0 Å². The summed E-state index contributed by atoms with van der Waals surface area (Å²) in [6.45, 7) is 6.13. The Morgan fingerprint density at radius 3 is 2.56 bits per heavy atom. The lowest BCUT2D eigenvalue weighted by Gasteiger charge is -2.14. The van der Waals surface area contributed by atoms with Crippen LogP contribution in [0.4, 0.5) is 0 Å². The van der Waals surface area contributed by atoms with Crippen molar-refractivity contribution in [3.8, 4) is 5.75 Å². The minimum atomic E-state index is -3.58. The molecule has 2 aromatic carbocycles. The van der Waals surface area contributed by atoms with E-state index >= 15 is 0 Å². The van der Waals surface area contributed by atoms with E-state index in [0.29, 0.717) is 32.2 Å². The number of methoxy groups -OCH3 is 2. The largest absolute Gasteiger partial charge is 0.496 e. The van der Waals surface area contributed by atoms with Crippen molar-refractivity contribution in [2.24, 2.45) is 4.99 Å². The van der Waals surface area contributed by atoms with E-state index in [0.717, 1.165) is 22.4 Å². The molecule has 0 aliphatic heterocycles. The van der Waals surface area contributed by atoms with Crippen LogP contribution in [-0.4, -0.2) is 48.3 Å². The summed E-state index contributed by atoms with van der Waals surface area (Å²) < 4.78 is 37.7. The average molecular weight is 577 g/mol. The number of halogens is 1. The van der Waals surface area contributed by atoms with Crippen LogP contribution in [0.25, 0.3) is 0 Å². The van der Waals surface area contributed by atoms with E-state index < -0.39 is 10.0 Å². The van der Waals surface area contributed by atoms with E-state index in [-0.39, 0.29) is 35.4 Å². The molecule has 0 saturated carbocycles. The number of sulfonamides is 1. The van der Waals surface area contributed by atoms with Crippen molar-refractivity contribution in [3.63, 3.8) is 0 Å². The topological polar surface area (TPSA) is 101 Å². The summed E-state index contributed by atoms with van der Waals surface area (Å²) >= 11 is 0. The van der Waals surface area contributed by atoms with Gasteiger partial charge in [-0.2, -0.15) is 0 Å². The Hall–Kier alpha value is -1.89. The van der Waals surface area contributed by atoms with Gasteiger partial charge in [-0.1, -0.05) is 24.3 Å². The quantitative estimate of drug-likeness (QED) is 0.165. The third-order valence-corrected chi connectivity index (χ3v) is 5.92. The summed E-state index contributed by atoms with van der Waals surface area (Å²) in [5, 5.41) is 6.50. The Morgan fingerprint density at radius 1 is 1.09 bits per heavy atom. The minimum Gasteiger partial charge on any atom is -0.496 e. The molecule has 0 heterocycles. The first-order valence-electron chi connectivity index (χ1n) is 10.1. The van der Waals surface area contributed by atoms with E-state index in [2.05, 4.69) is 20.3 Å². The fraction of sp³-hybridized carbons (Fsp3) is 0.409. The zero-order chi connectivity index (χ0) is 22.7. The van der Waals surface area contributed by atoms with Gasteiger partial charge in [0.1, 0.15) is 5.75 Å². The summed E-state index contributed by atoms with van der Waals surface area (Å²) in [6, 6.07) is 12.8. The fourth-order valence-corrected chi connectivity index (χ4v) is 3.94. The number of hydrogen-bond donors (Lipinski definition) is 3. The van der Waals surface area contributed by atoms with Crippen molar-refractivity contribution in [1.29, 1.82) is 0 Å². The average Bonchev–Trinajstić information content (AvgIpc) is 2.76. The minimum absolute atomic E-state index is 0. The highest BCUT2D eigenvalue weighted by Gasteiger charge is 2.13. The van der Waals surface area contributed by atoms with Gasteiger partial charge in [0.05, 0.1) is 25.2 Å². The van der Waals surface area contributed by atoms with Crippen LogP contribution in [0.2, 0.25) is 0 Å². The van der Waals surface area contributed by atoms with Crippen molar-refractivity contribution < 1.29 is 17.9 Å². The Kier molecular flexibility index (Phi) is 12.6. The fourth-order valence-electron chi connectivity index (χ4n) is 2.86. The van der Waals surface area contributed by atoms with Crippen molar-refractivity contribution in [2.75, 3.05) is 33.9 Å². The molecule has 0 aliphatic carbocycles. The number of nitrogens with zero attached hydrogens (tertiary/aromatic N) is 1. The first kappa shape index (κ1) is 28.1. The standard InChI is InChI=1S/C22H32N4O4S.HI/c1-5-23-22(25-16-19-10-9-17(2)13-21(19)30-4)24-15-18-7-6-8-20(14-18)31(27,28)26-11-12-29-3;/h6-10,13-14,26H,5,11-12,15-16H2,1-4H3,(H2,23,24,25);1H. The number of aryl methyl sites for hydroxylation is 1. The third kappa shape index (κ3) is 8.93. The molecule has 8 nitrogen and oxygen atoms in total. The summed E-state index contributed by atoms with van der Waals surface area (Å²) in [7, 11) is -0.404. The van der Waals surface area contributed by atoms with Gasteiger partial charge in [-0.05, 0) is 43.2 Å². The highest BCUT2D eigenvalue weighted by Crippen LogP contribution is 2.19. The molecule has 0 aliphatic rings. The van der Waals surface area contributed by atoms with Crippen LogP contribution < -0.4 is 20.1 Å². The molecular weight excluding hydrogens is 543 g/mol. The maximum atomic E-state index is 12.4. The number of ether oxygens (including phenoxy) is 2. The van der Waals surface area contributed by atoms with Gasteiger partial charge in [-0.3, -0.25) is 0 Å². The van der Waals surface area contributed by atoms with Crippen molar-refractivity contribution >= 4 is 40.0 Å². The lowest BCUT2D eigenvalue weighted by Crippen LogP contribution is -2.36. The Bertz CT molecular complexity index is 984. The van der Waals surface area contributed by atoms with Gasteiger partial charge in [0.2, 0.25) is 10.0 Å². The molecule has 0 amide bonds. The molecule has 10 heteroatoms. The second-order valence-electron chi connectivity index (χ2n) is 6.90. The summed E-state index contributed by atoms with van der Waals surface area (Å²) in [5.41, 5.74) is 2.95. The zero-order valence-electron chi connectivity index (χ0n) is 19.0. The van der Waals surface area contributed by atoms with Crippen LogP contribution in [0.3, 0.4) is 0 Å². The molecule has 0 saturated heterocycles. The van der Waals surface area contributed by atoms with Crippen molar-refractivity contribution in [2.45, 2.75) is 31.8 Å². The molecule has 32 heavy (non-hydrogen) atoms. The highest BCUT2D eigenvalue weighted by molar-refractivity contribution is 14.0. The van der Waals surface area contributed by atoms with Gasteiger partial charge >= 0.3 is 0 Å². The lowest BCUT2D eigenvalue weighted by atomic mass is 10.1. The van der Waals surface area contributed by atoms with E-state index in [1.54, 1.807) is 25.3 Å². The molecule has 0 radical (unpaired) electrons. The number of nitrogens with one attached hydrogen (secondary N) is 3. The molecule has 2 aromatic rings. The van der Waals surface area contributed by atoms with Crippen LogP contribution in [0.15, 0.2) is 52.4 Å². The molecule has 0 unspecified atom stereocenters. The van der Waals surface area contributed by atoms with Gasteiger partial charge in [0.15, 0.2) is 5.96 Å². The van der Waals surface area contributed by atoms with E-state index in [9.17, 15) is 8.42 Å². The number of hydrogen-bond acceptors (Lipinski definition) is 5. The maximum absolute atomic E-state index is 12.4. The lowest BCUT2D eigenvalue weighted by molar-refractivity contribution is 0.204. The molecule has 0 aromatic heterocycles. The number of benzene rings is 2. The Morgan fingerprint density at radius 2 is 1.88 bits per heavy atom. The summed E-state index contributed by atoms with van der Waals surface area (Å²) in [5.74, 6) is 1.46. The van der Waals surface area contributed by atoms with Crippen LogP contribution in [0.5, 0.6) is 5.75 Å². The second kappa shape index (κ2) is 14.3. The first-order valence-corrected chi connectivity index (χ1v) is 11.6. The second-order valence-corrected chi connectivity index (χ2v) is 8.67. The molecule has 0 fully saturated rings. The number of aliphatic imine (C=N–C) groups is 1. The summed E-state index contributed by atoms with van der Waals surface area (Å²) in [4.78, 5) is 4.80. The smallest absolute Gasteiger partial charge is 0.240 e. The highest BCUT2D eigenvalue weighted by atomic mass is 127. The van der Waals surface area contributed by atoms with Crippen LogP contribution in [-0.2, 0) is 27.8 Å². The molecular formula is C22H33IN4O4S. The Labute approximate surface area is 208 Å². The van der Waals surface area contributed by atoms with Gasteiger partial charge in [-0.25, -0.2) is 18.1 Å². The maximum Gasteiger partial charge on any atom is 0.240 e. The SMILES string of the molecule is CCNC(=NCc1cccc(S(=O)(=O)NCCOC)c1)NCc1ccc(C)cc1OC.I. The van der Waals surface area contributed by atoms with Crippen LogP contribution in [0.1, 0.15) is 23.6 Å². The number of guanidine groups is 1. The van der Waals surface area contributed by atoms with Gasteiger partial charge in [0, 0.05) is 32.3 Å². The Balaban J connectivity index is 0.00000512. The zero-order valence-corrected chi connectivity index (χ0v) is 22.1. The molecule has 0 atom stereocenters. The predicted molar refractivity (Wildman–Crippen MR) is 138 cm³/mol. The normalized spacial score (nSPS) is 11.6. The van der Waals surface area contributed by atoms with Gasteiger partial charge in [0.25, 0.3) is 0 Å². The molecule has 3 N–H and O–H groups in total. The van der Waals surface area contributed by atoms with Crippen molar-refractivity contribution in [3.05, 3.63) is 59.2 Å². The molecule has 178 valence electrons. The molecule has 0 bridgehead atoms. The monoisotopic (exact) mass is 576 g/mol. The molecule has 0 spiro atoms. The number of rotatable bonds is 11. The van der Waals surface area contributed by atoms with Crippen molar-refractivity contribution in [1.82, 2.24) is 15.4 Å². The summed E-state index contributed by atoms with van der Waals surface area (Å²) in [6.07, 6.45) is 0. The van der Waals surface area contributed by atoms with Crippen LogP contribution >= 0.6 is 24.0 Å². The third-order valence-electron chi connectivity index (χ3n) is 4.46. The van der Waals surface area contributed by atoms with E-state index in [4.69, 9.17) is 9.47 Å². The van der Waals surface area contributed by atoms with Gasteiger partial charge < -0.3 is 20.1 Å². The van der Waals surface area contributed by atoms with Crippen LogP contribution in [0, 0.1) is 6.92 Å².